The van der Waals surface area contributed by atoms with Gasteiger partial charge in [0.15, 0.2) is 0 Å². The molecule has 1 aromatic rings. The summed E-state index contributed by atoms with van der Waals surface area (Å²) in [5.41, 5.74) is 1.50. The zero-order valence-electron chi connectivity index (χ0n) is 7.43. The van der Waals surface area contributed by atoms with Crippen molar-refractivity contribution in [3.05, 3.63) is 35.9 Å². The first-order valence-electron chi connectivity index (χ1n) is 4.08. The highest BCUT2D eigenvalue weighted by Crippen LogP contribution is 2.16. The molecule has 70 valence electrons. The molecule has 0 aliphatic carbocycles. The first-order chi connectivity index (χ1) is 6.25. The van der Waals surface area contributed by atoms with E-state index in [0.29, 0.717) is 11.4 Å². The minimum absolute atomic E-state index is 0.286. The molecule has 1 rings (SSSR count). The number of nitrogens with zero attached hydrogens (tertiary/aromatic N) is 1. The van der Waals surface area contributed by atoms with Gasteiger partial charge in [-0.15, -0.1) is 11.6 Å². The fourth-order valence-electron chi connectivity index (χ4n) is 1.08. The maximum absolute atomic E-state index is 13.1. The summed E-state index contributed by atoms with van der Waals surface area (Å²) in [6.07, 6.45) is 5.48. The Morgan fingerprint density at radius 1 is 1.69 bits per heavy atom. The van der Waals surface area contributed by atoms with Gasteiger partial charge in [-0.05, 0) is 25.0 Å². The number of allylic oxidation sites excluding steroid dienone is 2. The van der Waals surface area contributed by atoms with Gasteiger partial charge in [0.1, 0.15) is 5.82 Å². The third-order valence-corrected chi connectivity index (χ3v) is 1.98. The van der Waals surface area contributed by atoms with E-state index >= 15 is 0 Å². The van der Waals surface area contributed by atoms with E-state index in [-0.39, 0.29) is 5.82 Å². The smallest absolute Gasteiger partial charge is 0.148 e. The summed E-state index contributed by atoms with van der Waals surface area (Å²) in [7, 11) is 0. The van der Waals surface area contributed by atoms with Crippen LogP contribution in [0.15, 0.2) is 24.5 Å². The Bertz CT molecular complexity index is 310. The van der Waals surface area contributed by atoms with Crippen molar-refractivity contribution in [2.24, 2.45) is 0 Å². The van der Waals surface area contributed by atoms with E-state index in [4.69, 9.17) is 11.6 Å². The Kier molecular flexibility index (Phi) is 3.90. The van der Waals surface area contributed by atoms with Crippen molar-refractivity contribution < 1.29 is 4.39 Å². The number of aromatic nitrogens is 1. The molecule has 1 nitrogen and oxygen atoms in total. The molecule has 0 amide bonds. The number of pyridine rings is 1. The summed E-state index contributed by atoms with van der Waals surface area (Å²) in [6, 6.07) is 1.66. The zero-order chi connectivity index (χ0) is 9.68. The highest BCUT2D eigenvalue weighted by molar-refractivity contribution is 6.17. The second-order valence-corrected chi connectivity index (χ2v) is 3.10. The van der Waals surface area contributed by atoms with Gasteiger partial charge in [-0.1, -0.05) is 6.08 Å². The molecule has 0 fully saturated rings. The summed E-state index contributed by atoms with van der Waals surface area (Å²) >= 11 is 5.52. The molecular formula is C10H11ClFN. The van der Waals surface area contributed by atoms with Gasteiger partial charge < -0.3 is 0 Å². The molecule has 0 saturated carbocycles. The monoisotopic (exact) mass is 199 g/mol. The number of hydrogen-bond acceptors (Lipinski definition) is 1. The molecule has 13 heavy (non-hydrogen) atoms. The molecule has 0 bridgehead atoms. The highest BCUT2D eigenvalue weighted by Gasteiger charge is 2.01. The third-order valence-electron chi connectivity index (χ3n) is 1.76. The van der Waals surface area contributed by atoms with Gasteiger partial charge in [-0.25, -0.2) is 4.39 Å². The quantitative estimate of drug-likeness (QED) is 0.681. The fourth-order valence-corrected chi connectivity index (χ4v) is 1.19. The Labute approximate surface area is 82.3 Å². The molecule has 0 saturated heterocycles. The standard InChI is InChI=1S/C10H11ClFN/c1-8(3-2-5-11)9-4-6-13-7-10(9)12/h3-4,6-7H,2,5H2,1H3/b8-3-. The normalized spacial score (nSPS) is 11.8. The average Bonchev–Trinajstić information content (AvgIpc) is 2.15. The van der Waals surface area contributed by atoms with E-state index in [1.54, 1.807) is 12.3 Å². The predicted molar refractivity (Wildman–Crippen MR) is 53.2 cm³/mol. The third kappa shape index (κ3) is 2.81. The number of hydrogen-bond donors (Lipinski definition) is 0. The molecule has 0 N–H and O–H groups in total. The second-order valence-electron chi connectivity index (χ2n) is 2.72. The van der Waals surface area contributed by atoms with Gasteiger partial charge in [0.2, 0.25) is 0 Å². The molecule has 0 unspecified atom stereocenters. The maximum Gasteiger partial charge on any atom is 0.148 e. The van der Waals surface area contributed by atoms with Crippen LogP contribution in [0.2, 0.25) is 0 Å². The average molecular weight is 200 g/mol. The van der Waals surface area contributed by atoms with Crippen molar-refractivity contribution >= 4 is 17.2 Å². The van der Waals surface area contributed by atoms with Gasteiger partial charge in [0, 0.05) is 17.6 Å². The largest absolute Gasteiger partial charge is 0.262 e. The van der Waals surface area contributed by atoms with Crippen LogP contribution in [-0.2, 0) is 0 Å². The van der Waals surface area contributed by atoms with Crippen LogP contribution in [0.25, 0.3) is 5.57 Å². The van der Waals surface area contributed by atoms with Crippen molar-refractivity contribution in [2.45, 2.75) is 13.3 Å². The molecular weight excluding hydrogens is 189 g/mol. The van der Waals surface area contributed by atoms with Crippen molar-refractivity contribution in [3.8, 4) is 0 Å². The van der Waals surface area contributed by atoms with Gasteiger partial charge in [0.05, 0.1) is 6.20 Å². The Balaban J connectivity index is 2.88. The van der Waals surface area contributed by atoms with Crippen molar-refractivity contribution in [1.29, 1.82) is 0 Å². The number of halogens is 2. The van der Waals surface area contributed by atoms with Crippen LogP contribution < -0.4 is 0 Å². The van der Waals surface area contributed by atoms with Crippen LogP contribution in [0.5, 0.6) is 0 Å². The van der Waals surface area contributed by atoms with Gasteiger partial charge in [-0.3, -0.25) is 4.98 Å². The molecule has 1 heterocycles. The van der Waals surface area contributed by atoms with Crippen LogP contribution >= 0.6 is 11.6 Å². The van der Waals surface area contributed by atoms with E-state index in [0.717, 1.165) is 12.0 Å². The summed E-state index contributed by atoms with van der Waals surface area (Å²) < 4.78 is 13.1. The van der Waals surface area contributed by atoms with Crippen LogP contribution in [0.4, 0.5) is 4.39 Å². The van der Waals surface area contributed by atoms with E-state index in [2.05, 4.69) is 4.98 Å². The lowest BCUT2D eigenvalue weighted by Crippen LogP contribution is -1.87. The van der Waals surface area contributed by atoms with E-state index in [1.807, 2.05) is 13.0 Å². The lowest BCUT2D eigenvalue weighted by atomic mass is 10.1. The summed E-state index contributed by atoms with van der Waals surface area (Å²) in [5, 5.41) is 0. The van der Waals surface area contributed by atoms with Crippen LogP contribution in [0, 0.1) is 5.82 Å². The minimum atomic E-state index is -0.286. The molecule has 0 aliphatic heterocycles. The molecule has 0 aromatic carbocycles. The Morgan fingerprint density at radius 2 is 2.46 bits per heavy atom. The van der Waals surface area contributed by atoms with Crippen molar-refractivity contribution in [3.63, 3.8) is 0 Å². The fraction of sp³-hybridized carbons (Fsp3) is 0.300. The van der Waals surface area contributed by atoms with E-state index in [9.17, 15) is 4.39 Å². The lowest BCUT2D eigenvalue weighted by molar-refractivity contribution is 0.617. The Hall–Kier alpha value is -0.890. The number of rotatable bonds is 3. The summed E-state index contributed by atoms with van der Waals surface area (Å²) in [4.78, 5) is 3.68. The maximum atomic E-state index is 13.1. The molecule has 0 atom stereocenters. The minimum Gasteiger partial charge on any atom is -0.262 e. The number of alkyl halides is 1. The zero-order valence-corrected chi connectivity index (χ0v) is 8.18. The second kappa shape index (κ2) is 4.97. The molecule has 3 heteroatoms. The molecule has 1 aromatic heterocycles. The van der Waals surface area contributed by atoms with Crippen LogP contribution in [-0.4, -0.2) is 10.9 Å². The first kappa shape index (κ1) is 10.2. The highest BCUT2D eigenvalue weighted by atomic mass is 35.5. The Morgan fingerprint density at radius 3 is 3.08 bits per heavy atom. The summed E-state index contributed by atoms with van der Waals surface area (Å²) in [6.45, 7) is 1.87. The SMILES string of the molecule is C/C(=C/CCCl)c1ccncc1F. The van der Waals surface area contributed by atoms with Gasteiger partial charge in [0.25, 0.3) is 0 Å². The van der Waals surface area contributed by atoms with Crippen molar-refractivity contribution in [2.75, 3.05) is 5.88 Å². The van der Waals surface area contributed by atoms with Crippen LogP contribution in [0.1, 0.15) is 18.9 Å². The lowest BCUT2D eigenvalue weighted by Gasteiger charge is -2.01. The topological polar surface area (TPSA) is 12.9 Å². The molecule has 0 radical (unpaired) electrons. The summed E-state index contributed by atoms with van der Waals surface area (Å²) in [5.74, 6) is 0.273. The van der Waals surface area contributed by atoms with Crippen molar-refractivity contribution in [1.82, 2.24) is 4.98 Å². The molecule has 0 spiro atoms. The first-order valence-corrected chi connectivity index (χ1v) is 4.61. The van der Waals surface area contributed by atoms with Gasteiger partial charge in [-0.2, -0.15) is 0 Å². The molecule has 0 aliphatic rings. The van der Waals surface area contributed by atoms with E-state index < -0.39 is 0 Å². The van der Waals surface area contributed by atoms with Gasteiger partial charge >= 0.3 is 0 Å². The predicted octanol–water partition coefficient (Wildman–Crippen LogP) is 3.25. The van der Waals surface area contributed by atoms with E-state index in [1.165, 1.54) is 6.20 Å². The van der Waals surface area contributed by atoms with Crippen LogP contribution in [0.3, 0.4) is 0 Å².